The third kappa shape index (κ3) is 4.46. The number of nitrogens with two attached hydrogens (primary N) is 1. The van der Waals surface area contributed by atoms with Gasteiger partial charge in [-0.1, -0.05) is 18.2 Å². The lowest BCUT2D eigenvalue weighted by Gasteiger charge is -2.35. The van der Waals surface area contributed by atoms with Gasteiger partial charge >= 0.3 is 6.03 Å². The lowest BCUT2D eigenvalue weighted by atomic mass is 10.0. The summed E-state index contributed by atoms with van der Waals surface area (Å²) in [6.07, 6.45) is 3.36. The van der Waals surface area contributed by atoms with Gasteiger partial charge in [-0.2, -0.15) is 5.10 Å². The van der Waals surface area contributed by atoms with Crippen molar-refractivity contribution in [3.8, 4) is 0 Å². The first kappa shape index (κ1) is 18.9. The van der Waals surface area contributed by atoms with Crippen LogP contribution in [0.1, 0.15) is 31.4 Å². The second-order valence-electron chi connectivity index (χ2n) is 6.90. The Morgan fingerprint density at radius 3 is 2.56 bits per heavy atom. The predicted molar refractivity (Wildman–Crippen MR) is 105 cm³/mol. The van der Waals surface area contributed by atoms with Crippen molar-refractivity contribution in [1.29, 1.82) is 0 Å². The van der Waals surface area contributed by atoms with E-state index in [0.717, 1.165) is 37.2 Å². The predicted octanol–water partition coefficient (Wildman–Crippen LogP) is 2.35. The Hall–Kier alpha value is -2.87. The quantitative estimate of drug-likeness (QED) is 0.751. The fourth-order valence-corrected chi connectivity index (χ4v) is 3.38. The Kier molecular flexibility index (Phi) is 5.75. The van der Waals surface area contributed by atoms with Crippen LogP contribution in [0.5, 0.6) is 0 Å². The van der Waals surface area contributed by atoms with Crippen molar-refractivity contribution in [2.45, 2.75) is 38.8 Å². The summed E-state index contributed by atoms with van der Waals surface area (Å²) >= 11 is 0. The molecule has 4 N–H and O–H groups in total. The van der Waals surface area contributed by atoms with Crippen molar-refractivity contribution in [3.63, 3.8) is 0 Å². The summed E-state index contributed by atoms with van der Waals surface area (Å²) in [6.45, 7) is 5.31. The third-order valence-corrected chi connectivity index (χ3v) is 5.11. The zero-order chi connectivity index (χ0) is 19.4. The Balaban J connectivity index is 1.61. The molecule has 1 fully saturated rings. The first-order valence-electron chi connectivity index (χ1n) is 9.16. The minimum Gasteiger partial charge on any atom is -0.368 e. The first-order valence-corrected chi connectivity index (χ1v) is 9.16. The number of primary amides is 1. The molecule has 1 aliphatic rings. The number of hydrogen-bond donors (Lipinski definition) is 3. The minimum atomic E-state index is -0.303. The Labute approximate surface area is 158 Å². The van der Waals surface area contributed by atoms with Crippen LogP contribution in [-0.4, -0.2) is 45.8 Å². The lowest BCUT2D eigenvalue weighted by Crippen LogP contribution is -2.46. The Morgan fingerprint density at radius 1 is 1.19 bits per heavy atom. The second-order valence-corrected chi connectivity index (χ2v) is 6.90. The molecule has 0 spiro atoms. The molecular formula is C19H26N6O2. The van der Waals surface area contributed by atoms with E-state index in [1.54, 1.807) is 12.3 Å². The van der Waals surface area contributed by atoms with Crippen LogP contribution in [-0.2, 0) is 4.79 Å². The van der Waals surface area contributed by atoms with E-state index in [0.29, 0.717) is 5.82 Å². The molecule has 0 radical (unpaired) electrons. The molecular weight excluding hydrogens is 344 g/mol. The SMILES string of the molecule is Cc1ccccc1NC(=O)Nc1ccnn1C1CCN(C(C)C(N)=O)CC1. The van der Waals surface area contributed by atoms with Crippen molar-refractivity contribution in [2.24, 2.45) is 5.73 Å². The molecule has 8 heteroatoms. The van der Waals surface area contributed by atoms with Crippen molar-refractivity contribution >= 4 is 23.4 Å². The van der Waals surface area contributed by atoms with E-state index in [4.69, 9.17) is 5.73 Å². The average Bonchev–Trinajstić information content (AvgIpc) is 3.11. The second kappa shape index (κ2) is 8.22. The van der Waals surface area contributed by atoms with Gasteiger partial charge in [0, 0.05) is 24.8 Å². The molecule has 0 aliphatic carbocycles. The highest BCUT2D eigenvalue weighted by Crippen LogP contribution is 2.26. The number of likely N-dealkylation sites (tertiary alicyclic amines) is 1. The van der Waals surface area contributed by atoms with Crippen molar-refractivity contribution < 1.29 is 9.59 Å². The summed E-state index contributed by atoms with van der Waals surface area (Å²) in [4.78, 5) is 25.8. The number of nitrogens with one attached hydrogen (secondary N) is 2. The fraction of sp³-hybridized carbons (Fsp3) is 0.421. The highest BCUT2D eigenvalue weighted by molar-refractivity contribution is 5.99. The fourth-order valence-electron chi connectivity index (χ4n) is 3.38. The normalized spacial score (nSPS) is 16.7. The highest BCUT2D eigenvalue weighted by atomic mass is 16.2. The summed E-state index contributed by atoms with van der Waals surface area (Å²) in [5.74, 6) is 0.352. The molecule has 8 nitrogen and oxygen atoms in total. The van der Waals surface area contributed by atoms with E-state index in [1.807, 2.05) is 42.8 Å². The molecule has 2 aromatic rings. The zero-order valence-electron chi connectivity index (χ0n) is 15.7. The number of benzene rings is 1. The molecule has 27 heavy (non-hydrogen) atoms. The maximum atomic E-state index is 12.4. The van der Waals surface area contributed by atoms with Crippen LogP contribution in [0.4, 0.5) is 16.3 Å². The summed E-state index contributed by atoms with van der Waals surface area (Å²) < 4.78 is 1.85. The van der Waals surface area contributed by atoms with Crippen LogP contribution in [0.2, 0.25) is 0 Å². The topological polar surface area (TPSA) is 105 Å². The van der Waals surface area contributed by atoms with Gasteiger partial charge < -0.3 is 11.1 Å². The van der Waals surface area contributed by atoms with E-state index < -0.39 is 0 Å². The number of amides is 3. The number of aryl methyl sites for hydroxylation is 1. The van der Waals surface area contributed by atoms with Crippen LogP contribution in [0.3, 0.4) is 0 Å². The van der Waals surface area contributed by atoms with E-state index in [1.165, 1.54) is 0 Å². The Morgan fingerprint density at radius 2 is 1.89 bits per heavy atom. The van der Waals surface area contributed by atoms with E-state index in [2.05, 4.69) is 20.6 Å². The maximum Gasteiger partial charge on any atom is 0.324 e. The van der Waals surface area contributed by atoms with E-state index in [9.17, 15) is 9.59 Å². The van der Waals surface area contributed by atoms with Gasteiger partial charge in [0.2, 0.25) is 5.91 Å². The first-order chi connectivity index (χ1) is 13.0. The molecule has 3 rings (SSSR count). The van der Waals surface area contributed by atoms with Crippen LogP contribution in [0.15, 0.2) is 36.5 Å². The van der Waals surface area contributed by atoms with Crippen molar-refractivity contribution in [3.05, 3.63) is 42.1 Å². The zero-order valence-corrected chi connectivity index (χ0v) is 15.7. The van der Waals surface area contributed by atoms with Crippen LogP contribution >= 0.6 is 0 Å². The molecule has 1 unspecified atom stereocenters. The number of para-hydroxylation sites is 1. The summed E-state index contributed by atoms with van der Waals surface area (Å²) in [6, 6.07) is 9.02. The van der Waals surface area contributed by atoms with Crippen LogP contribution in [0, 0.1) is 6.92 Å². The number of rotatable bonds is 5. The van der Waals surface area contributed by atoms with Crippen LogP contribution in [0.25, 0.3) is 0 Å². The van der Waals surface area contributed by atoms with Gasteiger partial charge in [0.25, 0.3) is 0 Å². The van der Waals surface area contributed by atoms with Gasteiger partial charge in [0.1, 0.15) is 5.82 Å². The molecule has 1 saturated heterocycles. The number of carbonyl (C=O) groups excluding carboxylic acids is 2. The molecule has 1 aromatic heterocycles. The van der Waals surface area contributed by atoms with Gasteiger partial charge in [-0.3, -0.25) is 15.0 Å². The lowest BCUT2D eigenvalue weighted by molar-refractivity contribution is -0.123. The van der Waals surface area contributed by atoms with Gasteiger partial charge in [-0.15, -0.1) is 0 Å². The van der Waals surface area contributed by atoms with Crippen molar-refractivity contribution in [2.75, 3.05) is 23.7 Å². The van der Waals surface area contributed by atoms with Crippen molar-refractivity contribution in [1.82, 2.24) is 14.7 Å². The number of piperidine rings is 1. The molecule has 1 aromatic carbocycles. The van der Waals surface area contributed by atoms with E-state index >= 15 is 0 Å². The average molecular weight is 370 g/mol. The standard InChI is InChI=1S/C19H26N6O2/c1-13-5-3-4-6-16(13)22-19(27)23-17-7-10-21-25(17)15-8-11-24(12-9-15)14(2)18(20)26/h3-7,10,14-15H,8-9,11-12H2,1-2H3,(H2,20,26)(H2,22,23,27). The number of hydrogen-bond acceptors (Lipinski definition) is 4. The molecule has 1 aliphatic heterocycles. The highest BCUT2D eigenvalue weighted by Gasteiger charge is 2.27. The third-order valence-electron chi connectivity index (χ3n) is 5.11. The van der Waals surface area contributed by atoms with Gasteiger partial charge in [0.15, 0.2) is 0 Å². The molecule has 144 valence electrons. The van der Waals surface area contributed by atoms with Gasteiger partial charge in [-0.25, -0.2) is 9.48 Å². The minimum absolute atomic E-state index is 0.171. The largest absolute Gasteiger partial charge is 0.368 e. The maximum absolute atomic E-state index is 12.4. The molecule has 0 bridgehead atoms. The molecule has 3 amide bonds. The summed E-state index contributed by atoms with van der Waals surface area (Å²) in [7, 11) is 0. The number of nitrogens with zero attached hydrogens (tertiary/aromatic N) is 3. The molecule has 1 atom stereocenters. The summed E-state index contributed by atoms with van der Waals surface area (Å²) in [5, 5.41) is 10.1. The summed E-state index contributed by atoms with van der Waals surface area (Å²) in [5.41, 5.74) is 7.17. The number of anilines is 2. The van der Waals surface area contributed by atoms with Crippen LogP contribution < -0.4 is 16.4 Å². The number of carbonyl (C=O) groups is 2. The van der Waals surface area contributed by atoms with Gasteiger partial charge in [0.05, 0.1) is 18.3 Å². The van der Waals surface area contributed by atoms with E-state index in [-0.39, 0.29) is 24.0 Å². The smallest absolute Gasteiger partial charge is 0.324 e. The monoisotopic (exact) mass is 370 g/mol. The molecule has 0 saturated carbocycles. The van der Waals surface area contributed by atoms with Gasteiger partial charge in [-0.05, 0) is 38.3 Å². The Bertz CT molecular complexity index is 810. The number of aromatic nitrogens is 2. The molecule has 2 heterocycles. The number of urea groups is 1.